The first-order valence-corrected chi connectivity index (χ1v) is 9.52. The Labute approximate surface area is 171 Å². The van der Waals surface area contributed by atoms with Crippen LogP contribution in [0.5, 0.6) is 5.75 Å². The molecule has 0 radical (unpaired) electrons. The van der Waals surface area contributed by atoms with Gasteiger partial charge >= 0.3 is 0 Å². The third-order valence-electron chi connectivity index (χ3n) is 3.54. The summed E-state index contributed by atoms with van der Waals surface area (Å²) in [5.74, 6) is -0.316. The molecular weight excluding hydrogens is 430 g/mol. The molecule has 0 aliphatic rings. The molecule has 2 aromatic carbocycles. The number of ether oxygens (including phenoxy) is 1. The monoisotopic (exact) mass is 449 g/mol. The first-order chi connectivity index (χ1) is 12.9. The Kier molecular flexibility index (Phi) is 7.75. The van der Waals surface area contributed by atoms with Crippen molar-refractivity contribution in [1.29, 1.82) is 0 Å². The highest BCUT2D eigenvalue weighted by Gasteiger charge is 2.13. The Balaban J connectivity index is 1.92. The Hall–Kier alpha value is -2.45. The van der Waals surface area contributed by atoms with Gasteiger partial charge in [0.05, 0.1) is 12.2 Å². The van der Waals surface area contributed by atoms with Crippen molar-refractivity contribution in [3.05, 3.63) is 63.6 Å². The zero-order valence-corrected chi connectivity index (χ0v) is 17.4. The van der Waals surface area contributed by atoms with E-state index >= 15 is 0 Å². The van der Waals surface area contributed by atoms with E-state index in [1.54, 1.807) is 36.4 Å². The van der Waals surface area contributed by atoms with Crippen molar-refractivity contribution in [2.45, 2.75) is 20.3 Å². The van der Waals surface area contributed by atoms with E-state index in [-0.39, 0.29) is 11.0 Å². The minimum Gasteiger partial charge on any atom is -0.493 e. The van der Waals surface area contributed by atoms with Crippen LogP contribution >= 0.6 is 28.1 Å². The fraction of sp³-hybridized carbons (Fsp3) is 0.211. The summed E-state index contributed by atoms with van der Waals surface area (Å²) in [5.41, 5.74) is 6.82. The number of carbonyl (C=O) groups excluding carboxylic acids is 2. The zero-order chi connectivity index (χ0) is 19.8. The lowest BCUT2D eigenvalue weighted by Gasteiger charge is -2.13. The summed E-state index contributed by atoms with van der Waals surface area (Å²) in [5, 5.41) is 2.50. The van der Waals surface area contributed by atoms with Crippen molar-refractivity contribution in [3.8, 4) is 5.75 Å². The topological polar surface area (TPSA) is 79.5 Å². The van der Waals surface area contributed by atoms with Crippen LogP contribution in [-0.4, -0.2) is 23.5 Å². The highest BCUT2D eigenvalue weighted by Crippen LogP contribution is 2.18. The molecule has 2 rings (SSSR count). The Morgan fingerprint density at radius 1 is 1.11 bits per heavy atom. The van der Waals surface area contributed by atoms with Gasteiger partial charge in [-0.3, -0.25) is 25.8 Å². The molecule has 142 valence electrons. The van der Waals surface area contributed by atoms with E-state index in [1.807, 2.05) is 19.9 Å². The summed E-state index contributed by atoms with van der Waals surface area (Å²) in [4.78, 5) is 24.6. The number of benzene rings is 2. The van der Waals surface area contributed by atoms with Gasteiger partial charge in [-0.15, -0.1) is 0 Å². The molecule has 0 saturated heterocycles. The maximum Gasteiger partial charge on any atom is 0.273 e. The summed E-state index contributed by atoms with van der Waals surface area (Å²) in [7, 11) is 0. The number of hydrogen-bond donors (Lipinski definition) is 3. The fourth-order valence-corrected chi connectivity index (χ4v) is 2.64. The second-order valence-electron chi connectivity index (χ2n) is 5.67. The second-order valence-corrected chi connectivity index (χ2v) is 6.93. The number of amides is 2. The van der Waals surface area contributed by atoms with E-state index in [0.29, 0.717) is 23.5 Å². The Morgan fingerprint density at radius 3 is 2.56 bits per heavy atom. The van der Waals surface area contributed by atoms with Crippen molar-refractivity contribution >= 4 is 45.1 Å². The number of hydrogen-bond acceptors (Lipinski definition) is 4. The summed E-state index contributed by atoms with van der Waals surface area (Å²) >= 11 is 8.44. The van der Waals surface area contributed by atoms with Crippen molar-refractivity contribution in [3.63, 3.8) is 0 Å². The first-order valence-electron chi connectivity index (χ1n) is 8.32. The molecule has 0 fully saturated rings. The van der Waals surface area contributed by atoms with E-state index in [0.717, 1.165) is 16.5 Å². The van der Waals surface area contributed by atoms with E-state index in [1.165, 1.54) is 0 Å². The van der Waals surface area contributed by atoms with Gasteiger partial charge in [0.2, 0.25) is 0 Å². The van der Waals surface area contributed by atoms with Crippen LogP contribution < -0.4 is 20.9 Å². The summed E-state index contributed by atoms with van der Waals surface area (Å²) in [6.07, 6.45) is 0.833. The number of para-hydroxylation sites is 1. The van der Waals surface area contributed by atoms with Crippen LogP contribution in [0, 0.1) is 6.92 Å². The minimum absolute atomic E-state index is 0.0167. The molecule has 6 nitrogen and oxygen atoms in total. The van der Waals surface area contributed by atoms with Crippen LogP contribution in [-0.2, 0) is 0 Å². The lowest BCUT2D eigenvalue weighted by molar-refractivity contribution is 0.0931. The molecule has 8 heteroatoms. The van der Waals surface area contributed by atoms with Gasteiger partial charge in [-0.25, -0.2) is 0 Å². The maximum absolute atomic E-state index is 12.3. The van der Waals surface area contributed by atoms with Gasteiger partial charge in [-0.05, 0) is 55.4 Å². The summed E-state index contributed by atoms with van der Waals surface area (Å²) in [6, 6.07) is 12.1. The van der Waals surface area contributed by atoms with Gasteiger partial charge in [-0.2, -0.15) is 0 Å². The van der Waals surface area contributed by atoms with Crippen LogP contribution in [0.1, 0.15) is 39.6 Å². The van der Waals surface area contributed by atoms with Crippen LogP contribution in [0.25, 0.3) is 0 Å². The molecule has 0 aromatic heterocycles. The quantitative estimate of drug-likeness (QED) is 0.480. The molecule has 0 aliphatic carbocycles. The number of aryl methyl sites for hydroxylation is 1. The van der Waals surface area contributed by atoms with Crippen molar-refractivity contribution in [2.24, 2.45) is 0 Å². The van der Waals surface area contributed by atoms with Crippen molar-refractivity contribution < 1.29 is 14.3 Å². The number of nitrogens with one attached hydrogen (secondary N) is 3. The fourth-order valence-electron chi connectivity index (χ4n) is 2.11. The van der Waals surface area contributed by atoms with E-state index in [2.05, 4.69) is 32.1 Å². The smallest absolute Gasteiger partial charge is 0.273 e. The predicted octanol–water partition coefficient (Wildman–Crippen LogP) is 3.50. The van der Waals surface area contributed by atoms with Gasteiger partial charge in [0.15, 0.2) is 5.11 Å². The highest BCUT2D eigenvalue weighted by atomic mass is 79.9. The number of rotatable bonds is 5. The average Bonchev–Trinajstić information content (AvgIpc) is 2.66. The van der Waals surface area contributed by atoms with Crippen molar-refractivity contribution in [1.82, 2.24) is 16.2 Å². The number of carbonyl (C=O) groups is 2. The number of hydrazine groups is 1. The molecule has 0 saturated carbocycles. The zero-order valence-electron chi connectivity index (χ0n) is 15.0. The lowest BCUT2D eigenvalue weighted by atomic mass is 10.1. The molecule has 2 amide bonds. The van der Waals surface area contributed by atoms with Crippen molar-refractivity contribution in [2.75, 3.05) is 6.61 Å². The van der Waals surface area contributed by atoms with E-state index < -0.39 is 5.91 Å². The lowest BCUT2D eigenvalue weighted by Crippen LogP contribution is -2.48. The molecule has 0 bridgehead atoms. The van der Waals surface area contributed by atoms with Gasteiger partial charge in [0, 0.05) is 10.0 Å². The standard InChI is InChI=1S/C19H20BrN3O3S/c1-3-10-26-16-7-5-4-6-14(16)18(25)22-23-19(27)21-17(24)13-9-8-12(2)15(20)11-13/h4-9,11H,3,10H2,1-2H3,(H,22,25)(H2,21,23,24,27). The molecule has 0 spiro atoms. The second kappa shape index (κ2) is 10.0. The molecule has 0 aliphatic heterocycles. The van der Waals surface area contributed by atoms with E-state index in [4.69, 9.17) is 17.0 Å². The molecule has 2 aromatic rings. The normalized spacial score (nSPS) is 10.0. The van der Waals surface area contributed by atoms with Crippen LogP contribution in [0.4, 0.5) is 0 Å². The maximum atomic E-state index is 12.3. The molecule has 27 heavy (non-hydrogen) atoms. The number of thiocarbonyl (C=S) groups is 1. The molecule has 0 heterocycles. The predicted molar refractivity (Wildman–Crippen MR) is 112 cm³/mol. The highest BCUT2D eigenvalue weighted by molar-refractivity contribution is 9.10. The average molecular weight is 450 g/mol. The van der Waals surface area contributed by atoms with Gasteiger partial charge in [0.1, 0.15) is 5.75 Å². The van der Waals surface area contributed by atoms with Crippen LogP contribution in [0.15, 0.2) is 46.9 Å². The third kappa shape index (κ3) is 6.04. The van der Waals surface area contributed by atoms with Crippen LogP contribution in [0.3, 0.4) is 0 Å². The Morgan fingerprint density at radius 2 is 1.85 bits per heavy atom. The summed E-state index contributed by atoms with van der Waals surface area (Å²) < 4.78 is 6.39. The minimum atomic E-state index is -0.420. The Bertz CT molecular complexity index is 858. The molecule has 0 atom stereocenters. The largest absolute Gasteiger partial charge is 0.493 e. The van der Waals surface area contributed by atoms with Gasteiger partial charge < -0.3 is 4.74 Å². The van der Waals surface area contributed by atoms with Gasteiger partial charge in [0.25, 0.3) is 11.8 Å². The van der Waals surface area contributed by atoms with E-state index in [9.17, 15) is 9.59 Å². The third-order valence-corrected chi connectivity index (χ3v) is 4.60. The summed E-state index contributed by atoms with van der Waals surface area (Å²) in [6.45, 7) is 4.42. The molecular formula is C19H20BrN3O3S. The van der Waals surface area contributed by atoms with Gasteiger partial charge in [-0.1, -0.05) is 41.1 Å². The molecule has 0 unspecified atom stereocenters. The molecule has 3 N–H and O–H groups in total. The number of halogens is 1. The SMILES string of the molecule is CCCOc1ccccc1C(=O)NNC(=S)NC(=O)c1ccc(C)c(Br)c1. The first kappa shape index (κ1) is 20.9. The van der Waals surface area contributed by atoms with Crippen LogP contribution in [0.2, 0.25) is 0 Å².